The molecule has 0 aromatic carbocycles. The van der Waals surface area contributed by atoms with Crippen molar-refractivity contribution in [3.8, 4) is 0 Å². The van der Waals surface area contributed by atoms with Gasteiger partial charge in [-0.1, -0.05) is 12.2 Å². The van der Waals surface area contributed by atoms with E-state index in [0.29, 0.717) is 5.92 Å². The Morgan fingerprint density at radius 1 is 1.12 bits per heavy atom. The lowest BCUT2D eigenvalue weighted by Gasteiger charge is -2.35. The van der Waals surface area contributed by atoms with E-state index in [0.717, 1.165) is 36.9 Å². The van der Waals surface area contributed by atoms with Gasteiger partial charge in [0.1, 0.15) is 0 Å². The lowest BCUT2D eigenvalue weighted by Crippen LogP contribution is -2.36. The lowest BCUT2D eigenvalue weighted by atomic mass is 9.75. The van der Waals surface area contributed by atoms with Crippen molar-refractivity contribution in [1.29, 1.82) is 0 Å². The van der Waals surface area contributed by atoms with Crippen molar-refractivity contribution >= 4 is 0 Å². The summed E-state index contributed by atoms with van der Waals surface area (Å²) in [5.74, 6) is 4.21. The van der Waals surface area contributed by atoms with Gasteiger partial charge in [-0.15, -0.1) is 0 Å². The quantitative estimate of drug-likeness (QED) is 0.539. The van der Waals surface area contributed by atoms with Gasteiger partial charge in [0, 0.05) is 19.1 Å². The van der Waals surface area contributed by atoms with Crippen LogP contribution in [0.5, 0.6) is 0 Å². The van der Waals surface area contributed by atoms with E-state index in [1.807, 2.05) is 0 Å². The number of fused-ring (bicyclic) bond motifs is 5. The third kappa shape index (κ3) is 1.86. The molecular formula is C15H24O2. The van der Waals surface area contributed by atoms with Gasteiger partial charge in [0.2, 0.25) is 0 Å². The summed E-state index contributed by atoms with van der Waals surface area (Å²) in [5, 5.41) is 0. The summed E-state index contributed by atoms with van der Waals surface area (Å²) in [6.07, 6.45) is 8.96. The maximum absolute atomic E-state index is 5.82. The molecule has 0 aliphatic heterocycles. The fourth-order valence-electron chi connectivity index (χ4n) is 4.55. The van der Waals surface area contributed by atoms with Crippen LogP contribution in [0.15, 0.2) is 12.2 Å². The summed E-state index contributed by atoms with van der Waals surface area (Å²) < 4.78 is 11.6. The third-order valence-electron chi connectivity index (χ3n) is 5.07. The molecule has 2 bridgehead atoms. The summed E-state index contributed by atoms with van der Waals surface area (Å²) in [4.78, 5) is 0. The van der Waals surface area contributed by atoms with E-state index >= 15 is 0 Å². The maximum atomic E-state index is 5.82. The van der Waals surface area contributed by atoms with Gasteiger partial charge in [0.25, 0.3) is 0 Å². The minimum Gasteiger partial charge on any atom is -0.353 e. The molecule has 96 valence electrons. The molecule has 0 heterocycles. The Hall–Kier alpha value is -0.340. The largest absolute Gasteiger partial charge is 0.353 e. The highest BCUT2D eigenvalue weighted by Gasteiger charge is 2.54. The molecular weight excluding hydrogens is 212 g/mol. The average molecular weight is 236 g/mol. The first kappa shape index (κ1) is 11.7. The zero-order valence-electron chi connectivity index (χ0n) is 11.0. The van der Waals surface area contributed by atoms with Crippen molar-refractivity contribution in [2.24, 2.45) is 29.6 Å². The van der Waals surface area contributed by atoms with Crippen molar-refractivity contribution in [1.82, 2.24) is 0 Å². The second-order valence-electron chi connectivity index (χ2n) is 5.74. The molecule has 0 N–H and O–H groups in total. The van der Waals surface area contributed by atoms with Crippen LogP contribution in [0.1, 0.15) is 33.1 Å². The molecule has 0 aromatic rings. The normalized spacial score (nSPS) is 42.6. The van der Waals surface area contributed by atoms with E-state index in [2.05, 4.69) is 26.0 Å². The smallest absolute Gasteiger partial charge is 0.160 e. The molecule has 3 aliphatic rings. The highest BCUT2D eigenvalue weighted by molar-refractivity contribution is 5.14. The van der Waals surface area contributed by atoms with Crippen LogP contribution in [-0.4, -0.2) is 19.5 Å². The number of allylic oxidation sites excluding steroid dienone is 2. The zero-order chi connectivity index (χ0) is 11.8. The minimum absolute atomic E-state index is 0.0570. The molecule has 2 nitrogen and oxygen atoms in total. The summed E-state index contributed by atoms with van der Waals surface area (Å²) in [6, 6.07) is 0. The number of rotatable bonds is 5. The highest BCUT2D eigenvalue weighted by Crippen LogP contribution is 2.59. The van der Waals surface area contributed by atoms with Crippen molar-refractivity contribution in [3.05, 3.63) is 12.2 Å². The molecule has 5 atom stereocenters. The summed E-state index contributed by atoms with van der Waals surface area (Å²) in [6.45, 7) is 5.67. The molecule has 0 amide bonds. The van der Waals surface area contributed by atoms with Gasteiger partial charge >= 0.3 is 0 Å². The van der Waals surface area contributed by atoms with Crippen LogP contribution < -0.4 is 0 Å². The molecule has 0 spiro atoms. The predicted octanol–water partition coefficient (Wildman–Crippen LogP) is 3.23. The molecule has 5 unspecified atom stereocenters. The fourth-order valence-corrected chi connectivity index (χ4v) is 4.55. The summed E-state index contributed by atoms with van der Waals surface area (Å²) >= 11 is 0. The number of ether oxygens (including phenoxy) is 2. The summed E-state index contributed by atoms with van der Waals surface area (Å²) in [5.41, 5.74) is 0. The van der Waals surface area contributed by atoms with Gasteiger partial charge in [-0.05, 0) is 56.8 Å². The maximum Gasteiger partial charge on any atom is 0.160 e. The molecule has 2 fully saturated rings. The Kier molecular flexibility index (Phi) is 3.27. The molecule has 0 aromatic heterocycles. The van der Waals surface area contributed by atoms with Gasteiger partial charge < -0.3 is 9.47 Å². The topological polar surface area (TPSA) is 18.5 Å². The van der Waals surface area contributed by atoms with Gasteiger partial charge in [-0.3, -0.25) is 0 Å². The van der Waals surface area contributed by atoms with Gasteiger partial charge in [-0.25, -0.2) is 0 Å². The van der Waals surface area contributed by atoms with Crippen LogP contribution in [0, 0.1) is 29.6 Å². The van der Waals surface area contributed by atoms with E-state index in [-0.39, 0.29) is 6.29 Å². The molecule has 0 radical (unpaired) electrons. The van der Waals surface area contributed by atoms with Crippen molar-refractivity contribution < 1.29 is 9.47 Å². The number of hydrogen-bond acceptors (Lipinski definition) is 2. The van der Waals surface area contributed by atoms with E-state index in [1.54, 1.807) is 0 Å². The average Bonchev–Trinajstić information content (AvgIpc) is 3.00. The monoisotopic (exact) mass is 236 g/mol. The highest BCUT2D eigenvalue weighted by atomic mass is 16.7. The van der Waals surface area contributed by atoms with Crippen molar-refractivity contribution in [2.45, 2.75) is 39.4 Å². The van der Waals surface area contributed by atoms with Crippen LogP contribution in [0.4, 0.5) is 0 Å². The van der Waals surface area contributed by atoms with E-state index in [9.17, 15) is 0 Å². The fraction of sp³-hybridized carbons (Fsp3) is 0.867. The van der Waals surface area contributed by atoms with Crippen LogP contribution in [0.2, 0.25) is 0 Å². The second-order valence-corrected chi connectivity index (χ2v) is 5.74. The minimum atomic E-state index is 0.0570. The molecule has 2 heteroatoms. The van der Waals surface area contributed by atoms with Crippen LogP contribution in [-0.2, 0) is 9.47 Å². The van der Waals surface area contributed by atoms with Crippen LogP contribution in [0.3, 0.4) is 0 Å². The second kappa shape index (κ2) is 4.74. The predicted molar refractivity (Wildman–Crippen MR) is 67.5 cm³/mol. The van der Waals surface area contributed by atoms with Gasteiger partial charge in [-0.2, -0.15) is 0 Å². The van der Waals surface area contributed by atoms with Gasteiger partial charge in [0.05, 0.1) is 0 Å². The Labute approximate surface area is 104 Å². The lowest BCUT2D eigenvalue weighted by molar-refractivity contribution is -0.181. The molecule has 3 rings (SSSR count). The Morgan fingerprint density at radius 2 is 1.88 bits per heavy atom. The SMILES string of the molecule is CCOC(OCC)C1CC2CC1C1CC=CC21. The Balaban J connectivity index is 1.69. The molecule has 17 heavy (non-hydrogen) atoms. The first-order chi connectivity index (χ1) is 8.35. The standard InChI is InChI=1S/C15H24O2/c1-3-16-15(17-4-2)14-9-10-8-13(14)12-7-5-6-11(10)12/h5-6,10-15H,3-4,7-9H2,1-2H3. The summed E-state index contributed by atoms with van der Waals surface area (Å²) in [7, 11) is 0. The van der Waals surface area contributed by atoms with Crippen molar-refractivity contribution in [2.75, 3.05) is 13.2 Å². The van der Waals surface area contributed by atoms with E-state index < -0.39 is 0 Å². The first-order valence-electron chi connectivity index (χ1n) is 7.25. The Morgan fingerprint density at radius 3 is 2.59 bits per heavy atom. The third-order valence-corrected chi connectivity index (χ3v) is 5.07. The molecule has 3 aliphatic carbocycles. The van der Waals surface area contributed by atoms with E-state index in [1.165, 1.54) is 19.3 Å². The molecule has 2 saturated carbocycles. The first-order valence-corrected chi connectivity index (χ1v) is 7.25. The zero-order valence-corrected chi connectivity index (χ0v) is 11.0. The van der Waals surface area contributed by atoms with Crippen LogP contribution in [0.25, 0.3) is 0 Å². The Bertz CT molecular complexity index is 293. The van der Waals surface area contributed by atoms with E-state index in [4.69, 9.17) is 9.47 Å². The van der Waals surface area contributed by atoms with Gasteiger partial charge in [0.15, 0.2) is 6.29 Å². The number of hydrogen-bond donors (Lipinski definition) is 0. The van der Waals surface area contributed by atoms with Crippen LogP contribution >= 0.6 is 0 Å². The van der Waals surface area contributed by atoms with Crippen molar-refractivity contribution in [3.63, 3.8) is 0 Å². The molecule has 0 saturated heterocycles.